The number of carbonyl (C=O) groups is 1. The molecule has 1 fully saturated rings. The van der Waals surface area contributed by atoms with Crippen molar-refractivity contribution in [3.63, 3.8) is 0 Å². The van der Waals surface area contributed by atoms with Crippen molar-refractivity contribution in [2.45, 2.75) is 51.7 Å². The van der Waals surface area contributed by atoms with Crippen LogP contribution in [0.15, 0.2) is 0 Å². The largest absolute Gasteiger partial charge is 0.460 e. The first-order valence-electron chi connectivity index (χ1n) is 4.98. The molecular formula is C10H18O3. The van der Waals surface area contributed by atoms with E-state index in [2.05, 4.69) is 6.92 Å². The summed E-state index contributed by atoms with van der Waals surface area (Å²) in [6.07, 6.45) is 3.19. The minimum atomic E-state index is -0.987. The van der Waals surface area contributed by atoms with Crippen LogP contribution in [0.2, 0.25) is 0 Å². The van der Waals surface area contributed by atoms with Gasteiger partial charge < -0.3 is 9.84 Å². The van der Waals surface area contributed by atoms with E-state index in [1.165, 1.54) is 6.92 Å². The molecule has 13 heavy (non-hydrogen) atoms. The summed E-state index contributed by atoms with van der Waals surface area (Å²) in [6.45, 7) is 3.65. The van der Waals surface area contributed by atoms with Gasteiger partial charge in [-0.2, -0.15) is 0 Å². The van der Waals surface area contributed by atoms with Crippen LogP contribution >= 0.6 is 0 Å². The molecule has 0 aromatic heterocycles. The summed E-state index contributed by atoms with van der Waals surface area (Å²) in [7, 11) is 0. The second-order valence-corrected chi connectivity index (χ2v) is 3.99. The van der Waals surface area contributed by atoms with E-state index in [4.69, 9.17) is 9.84 Å². The standard InChI is InChI=1S/C10H18O3/c1-7-3-5-9(6-4-7)13-10(12)8(2)11/h7-9,11H,3-6H2,1-2H3. The number of aliphatic hydroxyl groups excluding tert-OH is 1. The van der Waals surface area contributed by atoms with Gasteiger partial charge in [-0.15, -0.1) is 0 Å². The van der Waals surface area contributed by atoms with E-state index in [1.807, 2.05) is 0 Å². The SMILES string of the molecule is CC1CCC(OC(=O)C(C)O)CC1. The van der Waals surface area contributed by atoms with Gasteiger partial charge in [0.1, 0.15) is 12.2 Å². The van der Waals surface area contributed by atoms with Crippen LogP contribution in [0.1, 0.15) is 39.5 Å². The summed E-state index contributed by atoms with van der Waals surface area (Å²) >= 11 is 0. The highest BCUT2D eigenvalue weighted by atomic mass is 16.6. The lowest BCUT2D eigenvalue weighted by Crippen LogP contribution is -2.28. The van der Waals surface area contributed by atoms with E-state index in [9.17, 15) is 4.79 Å². The first-order valence-corrected chi connectivity index (χ1v) is 4.98. The van der Waals surface area contributed by atoms with Crippen molar-refractivity contribution in [1.29, 1.82) is 0 Å². The van der Waals surface area contributed by atoms with Crippen LogP contribution < -0.4 is 0 Å². The lowest BCUT2D eigenvalue weighted by Gasteiger charge is -2.26. The molecule has 0 radical (unpaired) electrons. The molecule has 76 valence electrons. The number of hydrogen-bond donors (Lipinski definition) is 1. The van der Waals surface area contributed by atoms with Crippen molar-refractivity contribution in [2.75, 3.05) is 0 Å². The van der Waals surface area contributed by atoms with Gasteiger partial charge in [-0.3, -0.25) is 0 Å². The third-order valence-corrected chi connectivity index (χ3v) is 2.59. The first kappa shape index (κ1) is 10.5. The Morgan fingerprint density at radius 3 is 2.38 bits per heavy atom. The van der Waals surface area contributed by atoms with Gasteiger partial charge in [0, 0.05) is 0 Å². The zero-order chi connectivity index (χ0) is 9.84. The van der Waals surface area contributed by atoms with E-state index in [0.717, 1.165) is 31.6 Å². The molecule has 0 saturated heterocycles. The van der Waals surface area contributed by atoms with Crippen molar-refractivity contribution >= 4 is 5.97 Å². The minimum Gasteiger partial charge on any atom is -0.460 e. The lowest BCUT2D eigenvalue weighted by molar-refractivity contribution is -0.159. The Morgan fingerprint density at radius 1 is 1.38 bits per heavy atom. The number of rotatable bonds is 2. The van der Waals surface area contributed by atoms with Gasteiger partial charge in [0.15, 0.2) is 0 Å². The van der Waals surface area contributed by atoms with E-state index in [0.29, 0.717) is 0 Å². The maximum Gasteiger partial charge on any atom is 0.334 e. The summed E-state index contributed by atoms with van der Waals surface area (Å²) in [5.74, 6) is 0.265. The highest BCUT2D eigenvalue weighted by molar-refractivity contribution is 5.73. The third-order valence-electron chi connectivity index (χ3n) is 2.59. The Kier molecular flexibility index (Phi) is 3.72. The molecular weight excluding hydrogens is 168 g/mol. The minimum absolute atomic E-state index is 0.0401. The van der Waals surface area contributed by atoms with Crippen molar-refractivity contribution in [3.8, 4) is 0 Å². The quantitative estimate of drug-likeness (QED) is 0.664. The van der Waals surface area contributed by atoms with Gasteiger partial charge in [-0.25, -0.2) is 4.79 Å². The molecule has 1 N–H and O–H groups in total. The average molecular weight is 186 g/mol. The molecule has 1 aliphatic carbocycles. The fourth-order valence-corrected chi connectivity index (χ4v) is 1.61. The van der Waals surface area contributed by atoms with Crippen LogP contribution in [0.5, 0.6) is 0 Å². The Balaban J connectivity index is 2.26. The smallest absolute Gasteiger partial charge is 0.334 e. The van der Waals surface area contributed by atoms with Crippen LogP contribution in [0, 0.1) is 5.92 Å². The van der Waals surface area contributed by atoms with Crippen LogP contribution in [0.4, 0.5) is 0 Å². The second kappa shape index (κ2) is 4.61. The molecule has 0 heterocycles. The highest BCUT2D eigenvalue weighted by Gasteiger charge is 2.22. The van der Waals surface area contributed by atoms with Crippen LogP contribution in [-0.2, 0) is 9.53 Å². The number of hydrogen-bond acceptors (Lipinski definition) is 3. The van der Waals surface area contributed by atoms with Gasteiger partial charge >= 0.3 is 5.97 Å². The fraction of sp³-hybridized carbons (Fsp3) is 0.900. The Morgan fingerprint density at radius 2 is 1.92 bits per heavy atom. The monoisotopic (exact) mass is 186 g/mol. The summed E-state index contributed by atoms with van der Waals surface area (Å²) in [5.41, 5.74) is 0. The van der Waals surface area contributed by atoms with E-state index < -0.39 is 12.1 Å². The Hall–Kier alpha value is -0.570. The zero-order valence-corrected chi connectivity index (χ0v) is 8.32. The normalized spacial score (nSPS) is 31.0. The third kappa shape index (κ3) is 3.35. The molecule has 0 spiro atoms. The van der Waals surface area contributed by atoms with Crippen molar-refractivity contribution < 1.29 is 14.6 Å². The topological polar surface area (TPSA) is 46.5 Å². The molecule has 3 nitrogen and oxygen atoms in total. The second-order valence-electron chi connectivity index (χ2n) is 3.99. The lowest BCUT2D eigenvalue weighted by atomic mass is 9.89. The molecule has 1 atom stereocenters. The van der Waals surface area contributed by atoms with Crippen molar-refractivity contribution in [1.82, 2.24) is 0 Å². The van der Waals surface area contributed by atoms with E-state index in [1.54, 1.807) is 0 Å². The summed E-state index contributed by atoms with van der Waals surface area (Å²) in [4.78, 5) is 11.0. The number of carbonyl (C=O) groups excluding carboxylic acids is 1. The van der Waals surface area contributed by atoms with Gasteiger partial charge in [0.25, 0.3) is 0 Å². The maximum atomic E-state index is 11.0. The van der Waals surface area contributed by atoms with Gasteiger partial charge in [0.2, 0.25) is 0 Å². The number of aliphatic hydroxyl groups is 1. The van der Waals surface area contributed by atoms with Crippen LogP contribution in [-0.4, -0.2) is 23.3 Å². The molecule has 1 rings (SSSR count). The average Bonchev–Trinajstić information content (AvgIpc) is 2.08. The molecule has 0 bridgehead atoms. The first-order chi connectivity index (χ1) is 6.09. The molecule has 1 aliphatic rings. The summed E-state index contributed by atoms with van der Waals surface area (Å²) in [6, 6.07) is 0. The molecule has 1 unspecified atom stereocenters. The Bertz CT molecular complexity index is 169. The summed E-state index contributed by atoms with van der Waals surface area (Å²) < 4.78 is 5.11. The molecule has 0 aliphatic heterocycles. The fourth-order valence-electron chi connectivity index (χ4n) is 1.61. The number of esters is 1. The Labute approximate surface area is 79.1 Å². The maximum absolute atomic E-state index is 11.0. The van der Waals surface area contributed by atoms with Crippen LogP contribution in [0.3, 0.4) is 0 Å². The molecule has 1 saturated carbocycles. The predicted octanol–water partition coefficient (Wildman–Crippen LogP) is 1.49. The zero-order valence-electron chi connectivity index (χ0n) is 8.32. The van der Waals surface area contributed by atoms with Gasteiger partial charge in [-0.05, 0) is 38.5 Å². The molecule has 0 aromatic carbocycles. The predicted molar refractivity (Wildman–Crippen MR) is 49.2 cm³/mol. The van der Waals surface area contributed by atoms with Crippen molar-refractivity contribution in [3.05, 3.63) is 0 Å². The molecule has 0 amide bonds. The van der Waals surface area contributed by atoms with Crippen molar-refractivity contribution in [2.24, 2.45) is 5.92 Å². The summed E-state index contributed by atoms with van der Waals surface area (Å²) in [5, 5.41) is 8.93. The van der Waals surface area contributed by atoms with Gasteiger partial charge in [0.05, 0.1) is 0 Å². The number of ether oxygens (including phenoxy) is 1. The highest BCUT2D eigenvalue weighted by Crippen LogP contribution is 2.25. The molecule has 0 aromatic rings. The van der Waals surface area contributed by atoms with E-state index in [-0.39, 0.29) is 6.10 Å². The van der Waals surface area contributed by atoms with Gasteiger partial charge in [-0.1, -0.05) is 6.92 Å². The van der Waals surface area contributed by atoms with Crippen LogP contribution in [0.25, 0.3) is 0 Å². The van der Waals surface area contributed by atoms with E-state index >= 15 is 0 Å². The molecule has 3 heteroatoms.